The molecule has 68 valence electrons. The molecule has 1 nitrogen and oxygen atoms in total. The molecular formula is C10H10OS2. The molecule has 1 aromatic heterocycles. The number of fused-ring (bicyclic) bond motifs is 1. The van der Waals surface area contributed by atoms with Crippen LogP contribution >= 0.6 is 24.0 Å². The van der Waals surface area contributed by atoms with Gasteiger partial charge in [0.05, 0.1) is 4.70 Å². The highest BCUT2D eigenvalue weighted by atomic mass is 32.1. The molecule has 0 bridgehead atoms. The maximum atomic E-state index is 9.67. The Balaban J connectivity index is 2.80. The first-order valence-corrected chi connectivity index (χ1v) is 5.47. The van der Waals surface area contributed by atoms with E-state index in [4.69, 9.17) is 0 Å². The van der Waals surface area contributed by atoms with Crippen LogP contribution in [0.25, 0.3) is 10.1 Å². The Hall–Kier alpha value is -0.670. The van der Waals surface area contributed by atoms with Crippen molar-refractivity contribution in [1.29, 1.82) is 0 Å². The summed E-state index contributed by atoms with van der Waals surface area (Å²) in [6.07, 6.45) is 0.937. The monoisotopic (exact) mass is 210 g/mol. The van der Waals surface area contributed by atoms with Crippen LogP contribution in [0.1, 0.15) is 12.5 Å². The number of aryl methyl sites for hydroxylation is 1. The van der Waals surface area contributed by atoms with Gasteiger partial charge >= 0.3 is 0 Å². The van der Waals surface area contributed by atoms with Gasteiger partial charge in [0.25, 0.3) is 0 Å². The fourth-order valence-corrected chi connectivity index (χ4v) is 2.61. The predicted octanol–water partition coefficient (Wildman–Crippen LogP) is 3.46. The summed E-state index contributed by atoms with van der Waals surface area (Å²) in [5.41, 5.74) is 1.15. The van der Waals surface area contributed by atoms with Gasteiger partial charge < -0.3 is 5.11 Å². The zero-order valence-corrected chi connectivity index (χ0v) is 8.95. The second kappa shape index (κ2) is 3.24. The highest BCUT2D eigenvalue weighted by Crippen LogP contribution is 2.36. The van der Waals surface area contributed by atoms with Gasteiger partial charge in [-0.3, -0.25) is 0 Å². The first-order chi connectivity index (χ1) is 6.22. The zero-order chi connectivity index (χ0) is 9.42. The van der Waals surface area contributed by atoms with Crippen molar-refractivity contribution in [1.82, 2.24) is 0 Å². The van der Waals surface area contributed by atoms with E-state index in [-0.39, 0.29) is 0 Å². The lowest BCUT2D eigenvalue weighted by Gasteiger charge is -2.00. The van der Waals surface area contributed by atoms with Gasteiger partial charge in [0, 0.05) is 15.7 Å². The van der Waals surface area contributed by atoms with E-state index in [9.17, 15) is 5.11 Å². The van der Waals surface area contributed by atoms with Gasteiger partial charge in [-0.25, -0.2) is 0 Å². The highest BCUT2D eigenvalue weighted by Gasteiger charge is 2.06. The number of benzene rings is 1. The van der Waals surface area contributed by atoms with Crippen LogP contribution in [0.15, 0.2) is 22.4 Å². The molecule has 1 aromatic carbocycles. The van der Waals surface area contributed by atoms with E-state index in [1.807, 2.05) is 11.4 Å². The molecule has 0 aliphatic rings. The van der Waals surface area contributed by atoms with Gasteiger partial charge in [-0.05, 0) is 24.1 Å². The quantitative estimate of drug-likeness (QED) is 0.691. The van der Waals surface area contributed by atoms with Gasteiger partial charge in [-0.15, -0.1) is 24.0 Å². The molecule has 1 heterocycles. The molecule has 0 unspecified atom stereocenters. The van der Waals surface area contributed by atoms with Crippen molar-refractivity contribution in [3.05, 3.63) is 23.1 Å². The van der Waals surface area contributed by atoms with Crippen LogP contribution in [0.4, 0.5) is 0 Å². The zero-order valence-electron chi connectivity index (χ0n) is 7.24. The lowest BCUT2D eigenvalue weighted by Crippen LogP contribution is -1.79. The molecule has 0 aliphatic heterocycles. The normalized spacial score (nSPS) is 10.9. The molecule has 0 fully saturated rings. The highest BCUT2D eigenvalue weighted by molar-refractivity contribution is 7.80. The van der Waals surface area contributed by atoms with Crippen LogP contribution < -0.4 is 0 Å². The average molecular weight is 210 g/mol. The first-order valence-electron chi connectivity index (χ1n) is 4.14. The Morgan fingerprint density at radius 2 is 2.23 bits per heavy atom. The lowest BCUT2D eigenvalue weighted by atomic mass is 10.1. The van der Waals surface area contributed by atoms with Crippen molar-refractivity contribution in [3.63, 3.8) is 0 Å². The van der Waals surface area contributed by atoms with Crippen molar-refractivity contribution in [3.8, 4) is 5.75 Å². The number of hydrogen-bond acceptors (Lipinski definition) is 3. The molecule has 0 atom stereocenters. The Morgan fingerprint density at radius 1 is 1.46 bits per heavy atom. The van der Waals surface area contributed by atoms with Crippen molar-refractivity contribution in [2.24, 2.45) is 0 Å². The van der Waals surface area contributed by atoms with Gasteiger partial charge in [-0.1, -0.05) is 6.92 Å². The minimum Gasteiger partial charge on any atom is -0.506 e. The van der Waals surface area contributed by atoms with Gasteiger partial charge in [-0.2, -0.15) is 0 Å². The third-order valence-corrected chi connectivity index (χ3v) is 3.66. The van der Waals surface area contributed by atoms with E-state index in [0.29, 0.717) is 5.75 Å². The number of hydrogen-bond donors (Lipinski definition) is 2. The number of phenols is 1. The summed E-state index contributed by atoms with van der Waals surface area (Å²) >= 11 is 5.87. The Kier molecular flexibility index (Phi) is 2.22. The lowest BCUT2D eigenvalue weighted by molar-refractivity contribution is 0.482. The number of phenolic OH excluding ortho intramolecular Hbond substituents is 1. The number of thiol groups is 1. The van der Waals surface area contributed by atoms with Gasteiger partial charge in [0.2, 0.25) is 0 Å². The average Bonchev–Trinajstić information content (AvgIpc) is 2.48. The first kappa shape index (κ1) is 8.91. The molecule has 0 amide bonds. The van der Waals surface area contributed by atoms with Crippen molar-refractivity contribution >= 4 is 34.1 Å². The van der Waals surface area contributed by atoms with Crippen molar-refractivity contribution in [2.45, 2.75) is 18.2 Å². The third kappa shape index (κ3) is 1.42. The molecule has 0 aliphatic carbocycles. The minimum atomic E-state index is 0.375. The molecular weight excluding hydrogens is 200 g/mol. The summed E-state index contributed by atoms with van der Waals surface area (Å²) in [6.45, 7) is 2.07. The standard InChI is InChI=1S/C10H10OS2/c1-2-6-3-7-9(12)5-13-10(7)8(11)4-6/h3-5,11-12H,2H2,1H3. The van der Waals surface area contributed by atoms with E-state index >= 15 is 0 Å². The number of thiophene rings is 1. The molecule has 0 radical (unpaired) electrons. The fraction of sp³-hybridized carbons (Fsp3) is 0.200. The summed E-state index contributed by atoms with van der Waals surface area (Å²) in [5.74, 6) is 0.375. The van der Waals surface area contributed by atoms with E-state index in [0.717, 1.165) is 27.0 Å². The van der Waals surface area contributed by atoms with E-state index in [2.05, 4.69) is 25.6 Å². The van der Waals surface area contributed by atoms with Crippen LogP contribution in [-0.2, 0) is 6.42 Å². The van der Waals surface area contributed by atoms with E-state index in [1.165, 1.54) is 11.3 Å². The molecule has 2 rings (SSSR count). The number of aromatic hydroxyl groups is 1. The fourth-order valence-electron chi connectivity index (χ4n) is 1.37. The third-order valence-electron chi connectivity index (χ3n) is 2.10. The molecule has 1 N–H and O–H groups in total. The Bertz CT molecular complexity index is 445. The Morgan fingerprint density at radius 3 is 2.92 bits per heavy atom. The summed E-state index contributed by atoms with van der Waals surface area (Å²) in [7, 11) is 0. The van der Waals surface area contributed by atoms with Gasteiger partial charge in [0.15, 0.2) is 0 Å². The summed E-state index contributed by atoms with van der Waals surface area (Å²) in [6, 6.07) is 3.92. The van der Waals surface area contributed by atoms with Crippen LogP contribution in [0.3, 0.4) is 0 Å². The maximum absolute atomic E-state index is 9.67. The topological polar surface area (TPSA) is 20.2 Å². The van der Waals surface area contributed by atoms with E-state index in [1.54, 1.807) is 0 Å². The second-order valence-electron chi connectivity index (χ2n) is 2.97. The molecule has 3 heteroatoms. The molecule has 0 spiro atoms. The van der Waals surface area contributed by atoms with Crippen LogP contribution in [0.5, 0.6) is 5.75 Å². The van der Waals surface area contributed by atoms with Gasteiger partial charge in [0.1, 0.15) is 5.75 Å². The van der Waals surface area contributed by atoms with Crippen molar-refractivity contribution in [2.75, 3.05) is 0 Å². The van der Waals surface area contributed by atoms with Crippen LogP contribution in [0, 0.1) is 0 Å². The minimum absolute atomic E-state index is 0.375. The Labute approximate surface area is 86.4 Å². The molecule has 2 aromatic rings. The second-order valence-corrected chi connectivity index (χ2v) is 4.33. The molecule has 13 heavy (non-hydrogen) atoms. The predicted molar refractivity (Wildman–Crippen MR) is 60.1 cm³/mol. The maximum Gasteiger partial charge on any atom is 0.133 e. The molecule has 0 saturated carbocycles. The summed E-state index contributed by atoms with van der Waals surface area (Å²) in [4.78, 5) is 0.950. The number of rotatable bonds is 1. The van der Waals surface area contributed by atoms with Crippen LogP contribution in [0.2, 0.25) is 0 Å². The van der Waals surface area contributed by atoms with E-state index < -0.39 is 0 Å². The largest absolute Gasteiger partial charge is 0.506 e. The van der Waals surface area contributed by atoms with Crippen molar-refractivity contribution < 1.29 is 5.11 Å². The molecule has 0 saturated heterocycles. The summed E-state index contributed by atoms with van der Waals surface area (Å²) in [5, 5.41) is 12.7. The van der Waals surface area contributed by atoms with Crippen LogP contribution in [-0.4, -0.2) is 5.11 Å². The smallest absolute Gasteiger partial charge is 0.133 e. The summed E-state index contributed by atoms with van der Waals surface area (Å²) < 4.78 is 0.933. The SMILES string of the molecule is CCc1cc(O)c2scc(S)c2c1.